The number of carbonyl (C=O) groups excluding carboxylic acids is 1. The first-order valence-corrected chi connectivity index (χ1v) is 8.35. The lowest BCUT2D eigenvalue weighted by molar-refractivity contribution is -0.117. The van der Waals surface area contributed by atoms with Gasteiger partial charge in [0.05, 0.1) is 24.4 Å². The second kappa shape index (κ2) is 7.31. The predicted molar refractivity (Wildman–Crippen MR) is 88.3 cm³/mol. The zero-order valence-corrected chi connectivity index (χ0v) is 13.7. The number of hydrogen-bond donors (Lipinski definition) is 1. The molecule has 0 bridgehead atoms. The molecule has 0 aromatic heterocycles. The molecule has 1 atom stereocenters. The highest BCUT2D eigenvalue weighted by molar-refractivity contribution is 6.31. The number of benzene rings is 1. The molecular weight excluding hydrogens is 314 g/mol. The van der Waals surface area contributed by atoms with Gasteiger partial charge in [-0.25, -0.2) is 0 Å². The number of ether oxygens (including phenoxy) is 1. The molecule has 1 saturated heterocycles. The van der Waals surface area contributed by atoms with E-state index in [1.807, 2.05) is 0 Å². The summed E-state index contributed by atoms with van der Waals surface area (Å²) >= 11 is 5.95. The first-order chi connectivity index (χ1) is 11.2. The van der Waals surface area contributed by atoms with Crippen molar-refractivity contribution < 1.29 is 9.53 Å². The summed E-state index contributed by atoms with van der Waals surface area (Å²) in [4.78, 5) is 14.6. The van der Waals surface area contributed by atoms with E-state index in [-0.39, 0.29) is 5.91 Å². The zero-order chi connectivity index (χ0) is 16.2. The summed E-state index contributed by atoms with van der Waals surface area (Å²) in [6.07, 6.45) is 3.38. The van der Waals surface area contributed by atoms with Gasteiger partial charge in [-0.1, -0.05) is 11.6 Å². The average molecular weight is 334 g/mol. The van der Waals surface area contributed by atoms with Crippen LogP contribution in [0.4, 0.5) is 5.69 Å². The lowest BCUT2D eigenvalue weighted by atomic mass is 10.1. The van der Waals surface area contributed by atoms with Gasteiger partial charge in [0.25, 0.3) is 0 Å². The maximum absolute atomic E-state index is 12.4. The molecule has 1 aliphatic carbocycles. The van der Waals surface area contributed by atoms with Crippen molar-refractivity contribution in [2.75, 3.05) is 31.6 Å². The standard InChI is InChI=1S/C17H20ClN3O2/c18-14-2-1-13(8-19)16(7-14)20-17(22)10-21(15-3-4-15)9-12-5-6-23-11-12/h1-2,7,12,15H,3-6,9-11H2,(H,20,22). The quantitative estimate of drug-likeness (QED) is 0.869. The second-order valence-electron chi connectivity index (χ2n) is 6.24. The minimum absolute atomic E-state index is 0.102. The molecule has 1 heterocycles. The summed E-state index contributed by atoms with van der Waals surface area (Å²) in [5.74, 6) is 0.416. The normalized spacial score (nSPS) is 20.5. The largest absolute Gasteiger partial charge is 0.381 e. The Morgan fingerprint density at radius 2 is 2.26 bits per heavy atom. The van der Waals surface area contributed by atoms with Gasteiger partial charge in [-0.3, -0.25) is 9.69 Å². The van der Waals surface area contributed by atoms with Crippen LogP contribution in [0.25, 0.3) is 0 Å². The van der Waals surface area contributed by atoms with E-state index in [2.05, 4.69) is 16.3 Å². The SMILES string of the molecule is N#Cc1ccc(Cl)cc1NC(=O)CN(CC1CCOC1)C1CC1. The van der Waals surface area contributed by atoms with Gasteiger partial charge < -0.3 is 10.1 Å². The third-order valence-corrected chi connectivity index (χ3v) is 4.54. The van der Waals surface area contributed by atoms with E-state index in [9.17, 15) is 4.79 Å². The Kier molecular flexibility index (Phi) is 5.16. The number of nitrogens with zero attached hydrogens (tertiary/aromatic N) is 2. The maximum Gasteiger partial charge on any atom is 0.238 e. The molecule has 1 unspecified atom stereocenters. The van der Waals surface area contributed by atoms with Crippen LogP contribution in [0.2, 0.25) is 5.02 Å². The van der Waals surface area contributed by atoms with Crippen LogP contribution in [0, 0.1) is 17.2 Å². The lowest BCUT2D eigenvalue weighted by Crippen LogP contribution is -2.38. The molecule has 0 radical (unpaired) electrons. The van der Waals surface area contributed by atoms with Crippen LogP contribution < -0.4 is 5.32 Å². The molecule has 0 spiro atoms. The Labute approximate surface area is 141 Å². The van der Waals surface area contributed by atoms with Crippen molar-refractivity contribution in [3.63, 3.8) is 0 Å². The molecule has 2 fully saturated rings. The molecule has 1 amide bonds. The van der Waals surface area contributed by atoms with Crippen LogP contribution in [0.1, 0.15) is 24.8 Å². The summed E-state index contributed by atoms with van der Waals surface area (Å²) in [7, 11) is 0. The van der Waals surface area contributed by atoms with Gasteiger partial charge in [0.2, 0.25) is 5.91 Å². The van der Waals surface area contributed by atoms with Gasteiger partial charge >= 0.3 is 0 Å². The number of anilines is 1. The van der Waals surface area contributed by atoms with Crippen LogP contribution in [0.3, 0.4) is 0 Å². The number of nitrogens with one attached hydrogen (secondary N) is 1. The summed E-state index contributed by atoms with van der Waals surface area (Å²) in [5.41, 5.74) is 0.898. The lowest BCUT2D eigenvalue weighted by Gasteiger charge is -2.24. The monoisotopic (exact) mass is 333 g/mol. The fourth-order valence-electron chi connectivity index (χ4n) is 2.93. The maximum atomic E-state index is 12.4. The first-order valence-electron chi connectivity index (χ1n) is 7.97. The minimum Gasteiger partial charge on any atom is -0.381 e. The predicted octanol–water partition coefficient (Wildman–Crippen LogP) is 2.65. The van der Waals surface area contributed by atoms with E-state index in [0.717, 1.165) is 39.0 Å². The van der Waals surface area contributed by atoms with E-state index in [4.69, 9.17) is 21.6 Å². The van der Waals surface area contributed by atoms with Crippen LogP contribution in [-0.4, -0.2) is 43.2 Å². The van der Waals surface area contributed by atoms with Gasteiger partial charge in [0.15, 0.2) is 0 Å². The highest BCUT2D eigenvalue weighted by atomic mass is 35.5. The van der Waals surface area contributed by atoms with Gasteiger partial charge in [-0.2, -0.15) is 5.26 Å². The Morgan fingerprint density at radius 1 is 1.43 bits per heavy atom. The molecule has 23 heavy (non-hydrogen) atoms. The average Bonchev–Trinajstić information content (AvgIpc) is 3.25. The van der Waals surface area contributed by atoms with Gasteiger partial charge in [0, 0.05) is 24.2 Å². The van der Waals surface area contributed by atoms with Crippen molar-refractivity contribution in [1.29, 1.82) is 5.26 Å². The highest BCUT2D eigenvalue weighted by Crippen LogP contribution is 2.29. The number of amides is 1. The molecule has 3 rings (SSSR count). The van der Waals surface area contributed by atoms with Crippen LogP contribution in [0.5, 0.6) is 0 Å². The number of nitriles is 1. The molecular formula is C17H20ClN3O2. The Morgan fingerprint density at radius 3 is 2.91 bits per heavy atom. The minimum atomic E-state index is -0.102. The van der Waals surface area contributed by atoms with Gasteiger partial charge in [-0.15, -0.1) is 0 Å². The van der Waals surface area contributed by atoms with Crippen LogP contribution >= 0.6 is 11.6 Å². The molecule has 1 saturated carbocycles. The molecule has 5 nitrogen and oxygen atoms in total. The van der Waals surface area contributed by atoms with Crippen LogP contribution in [-0.2, 0) is 9.53 Å². The molecule has 1 aromatic rings. The topological polar surface area (TPSA) is 65.4 Å². The summed E-state index contributed by atoms with van der Waals surface area (Å²) < 4.78 is 5.42. The molecule has 1 aromatic carbocycles. The summed E-state index contributed by atoms with van der Waals surface area (Å²) in [5, 5.41) is 12.4. The first kappa shape index (κ1) is 16.3. The highest BCUT2D eigenvalue weighted by Gasteiger charge is 2.32. The van der Waals surface area contributed by atoms with E-state index in [0.29, 0.717) is 34.8 Å². The Balaban J connectivity index is 1.61. The summed E-state index contributed by atoms with van der Waals surface area (Å²) in [6, 6.07) is 7.46. The number of hydrogen-bond acceptors (Lipinski definition) is 4. The van der Waals surface area contributed by atoms with Gasteiger partial charge in [-0.05, 0) is 43.4 Å². The number of rotatable bonds is 6. The Hall–Kier alpha value is -1.61. The summed E-state index contributed by atoms with van der Waals surface area (Å²) in [6.45, 7) is 2.86. The molecule has 2 aliphatic rings. The zero-order valence-electron chi connectivity index (χ0n) is 12.9. The van der Waals surface area contributed by atoms with Crippen molar-refractivity contribution in [3.8, 4) is 6.07 Å². The molecule has 1 aliphatic heterocycles. The van der Waals surface area contributed by atoms with E-state index in [1.165, 1.54) is 0 Å². The third kappa shape index (κ3) is 4.44. The van der Waals surface area contributed by atoms with Crippen molar-refractivity contribution in [2.45, 2.75) is 25.3 Å². The van der Waals surface area contributed by atoms with Crippen molar-refractivity contribution in [1.82, 2.24) is 4.90 Å². The molecule has 6 heteroatoms. The third-order valence-electron chi connectivity index (χ3n) is 4.30. The van der Waals surface area contributed by atoms with E-state index >= 15 is 0 Å². The second-order valence-corrected chi connectivity index (χ2v) is 6.68. The number of carbonyl (C=O) groups is 1. The fraction of sp³-hybridized carbons (Fsp3) is 0.529. The smallest absolute Gasteiger partial charge is 0.238 e. The van der Waals surface area contributed by atoms with Crippen molar-refractivity contribution in [3.05, 3.63) is 28.8 Å². The Bertz CT molecular complexity index is 619. The van der Waals surface area contributed by atoms with Crippen molar-refractivity contribution in [2.24, 2.45) is 5.92 Å². The molecule has 122 valence electrons. The van der Waals surface area contributed by atoms with Crippen LogP contribution in [0.15, 0.2) is 18.2 Å². The fourth-order valence-corrected chi connectivity index (χ4v) is 3.11. The van der Waals surface area contributed by atoms with Gasteiger partial charge in [0.1, 0.15) is 6.07 Å². The molecule has 1 N–H and O–H groups in total. The number of halogens is 1. The van der Waals surface area contributed by atoms with Crippen molar-refractivity contribution >= 4 is 23.2 Å². The van der Waals surface area contributed by atoms with E-state index < -0.39 is 0 Å². The van der Waals surface area contributed by atoms with E-state index in [1.54, 1.807) is 18.2 Å².